The number of fused-ring (bicyclic) bond motifs is 1. The second-order valence-corrected chi connectivity index (χ2v) is 11.9. The summed E-state index contributed by atoms with van der Waals surface area (Å²) in [5.41, 5.74) is 1.08. The van der Waals surface area contributed by atoms with Crippen LogP contribution in [0.3, 0.4) is 0 Å². The first kappa shape index (κ1) is 27.3. The molecule has 0 saturated carbocycles. The summed E-state index contributed by atoms with van der Waals surface area (Å²) in [7, 11) is 0. The minimum atomic E-state index is -1.80. The molecule has 2 heterocycles. The number of esters is 2. The summed E-state index contributed by atoms with van der Waals surface area (Å²) in [6, 6.07) is 15.8. The SMILES string of the molecule is CC1=C(C(=O)OCC(Cl)(Cl)Cl)N2C(=O)C(NC(=O)C(C(=O)Oc3ccccc3)c3ccccc3)[C@@H]2SC1. The smallest absolute Gasteiger partial charge is 0.355 e. The largest absolute Gasteiger partial charge is 0.456 e. The van der Waals surface area contributed by atoms with Crippen LogP contribution in [0.25, 0.3) is 0 Å². The van der Waals surface area contributed by atoms with Crippen molar-refractivity contribution in [3.05, 3.63) is 77.5 Å². The zero-order chi connectivity index (χ0) is 26.7. The third-order valence-electron chi connectivity index (χ3n) is 5.61. The van der Waals surface area contributed by atoms with Crippen LogP contribution in [-0.4, -0.2) is 56.2 Å². The van der Waals surface area contributed by atoms with Gasteiger partial charge in [-0.05, 0) is 30.2 Å². The zero-order valence-corrected chi connectivity index (χ0v) is 22.4. The highest BCUT2D eigenvalue weighted by molar-refractivity contribution is 8.00. The standard InChI is InChI=1S/C25H21Cl3N2O6S/c1-14-12-37-22-18(21(32)30(22)19(14)24(34)35-13-25(26,27)28)29-20(31)17(15-8-4-2-5-9-15)23(33)36-16-10-6-3-7-11-16/h2-11,17-18,22H,12-13H2,1H3,(H,29,31)/t17?,18?,22-/m0/s1. The second kappa shape index (κ2) is 11.3. The lowest BCUT2D eigenvalue weighted by Crippen LogP contribution is -2.71. The van der Waals surface area contributed by atoms with Gasteiger partial charge in [-0.25, -0.2) is 4.79 Å². The molecule has 2 aromatic rings. The van der Waals surface area contributed by atoms with Gasteiger partial charge in [0.1, 0.15) is 29.5 Å². The number of hydrogen-bond donors (Lipinski definition) is 1. The van der Waals surface area contributed by atoms with Gasteiger partial charge < -0.3 is 14.8 Å². The maximum Gasteiger partial charge on any atom is 0.355 e. The van der Waals surface area contributed by atoms with Crippen LogP contribution in [0.1, 0.15) is 18.4 Å². The van der Waals surface area contributed by atoms with E-state index in [1.165, 1.54) is 16.7 Å². The van der Waals surface area contributed by atoms with Gasteiger partial charge in [-0.1, -0.05) is 83.3 Å². The highest BCUT2D eigenvalue weighted by atomic mass is 35.6. The molecule has 0 aromatic heterocycles. The van der Waals surface area contributed by atoms with Gasteiger partial charge in [0.05, 0.1) is 0 Å². The van der Waals surface area contributed by atoms with E-state index in [4.69, 9.17) is 44.3 Å². The van der Waals surface area contributed by atoms with Gasteiger partial charge in [-0.2, -0.15) is 0 Å². The molecule has 0 bridgehead atoms. The number of rotatable bonds is 7. The Kier molecular flexibility index (Phi) is 8.38. The number of nitrogens with one attached hydrogen (secondary N) is 1. The lowest BCUT2D eigenvalue weighted by atomic mass is 9.96. The molecule has 2 aliphatic heterocycles. The average Bonchev–Trinajstić information content (AvgIpc) is 2.86. The van der Waals surface area contributed by atoms with Crippen LogP contribution < -0.4 is 10.1 Å². The summed E-state index contributed by atoms with van der Waals surface area (Å²) >= 11 is 18.4. The molecule has 1 fully saturated rings. The van der Waals surface area contributed by atoms with Gasteiger partial charge in [0.25, 0.3) is 5.91 Å². The first-order valence-corrected chi connectivity index (χ1v) is 13.3. The molecule has 12 heteroatoms. The normalized spacial score (nSPS) is 19.9. The summed E-state index contributed by atoms with van der Waals surface area (Å²) < 4.78 is 8.71. The molecule has 4 rings (SSSR count). The van der Waals surface area contributed by atoms with Crippen molar-refractivity contribution >= 4 is 70.3 Å². The fourth-order valence-corrected chi connectivity index (χ4v) is 5.37. The van der Waals surface area contributed by atoms with Crippen molar-refractivity contribution in [2.75, 3.05) is 12.4 Å². The van der Waals surface area contributed by atoms with Crippen molar-refractivity contribution in [1.82, 2.24) is 10.2 Å². The number of benzene rings is 2. The van der Waals surface area contributed by atoms with Crippen LogP contribution in [0.15, 0.2) is 71.9 Å². The number of thioether (sulfide) groups is 1. The van der Waals surface area contributed by atoms with Crippen molar-refractivity contribution < 1.29 is 28.7 Å². The molecule has 2 aliphatic rings. The number of ether oxygens (including phenoxy) is 2. The first-order chi connectivity index (χ1) is 17.6. The van der Waals surface area contributed by atoms with Crippen molar-refractivity contribution in [3.8, 4) is 5.75 Å². The maximum absolute atomic E-state index is 13.4. The number of amides is 2. The molecule has 1 N–H and O–H groups in total. The molecule has 194 valence electrons. The van der Waals surface area contributed by atoms with Crippen molar-refractivity contribution in [3.63, 3.8) is 0 Å². The summed E-state index contributed by atoms with van der Waals surface area (Å²) in [6.07, 6.45) is 0. The fourth-order valence-electron chi connectivity index (χ4n) is 3.92. The van der Waals surface area contributed by atoms with Crippen LogP contribution in [0.5, 0.6) is 5.75 Å². The molecule has 8 nitrogen and oxygen atoms in total. The molecular weight excluding hydrogens is 563 g/mol. The van der Waals surface area contributed by atoms with Crippen LogP contribution in [0.2, 0.25) is 0 Å². The molecule has 2 unspecified atom stereocenters. The Morgan fingerprint density at radius 3 is 2.32 bits per heavy atom. The summed E-state index contributed by atoms with van der Waals surface area (Å²) in [5.74, 6) is -3.43. The van der Waals surface area contributed by atoms with Crippen LogP contribution in [-0.2, 0) is 23.9 Å². The van der Waals surface area contributed by atoms with Crippen molar-refractivity contribution in [2.45, 2.75) is 28.0 Å². The molecular formula is C25H21Cl3N2O6S. The Balaban J connectivity index is 1.50. The molecule has 0 aliphatic carbocycles. The van der Waals surface area contributed by atoms with Gasteiger partial charge in [-0.3, -0.25) is 19.3 Å². The zero-order valence-electron chi connectivity index (χ0n) is 19.4. The van der Waals surface area contributed by atoms with E-state index in [1.807, 2.05) is 0 Å². The van der Waals surface area contributed by atoms with Crippen LogP contribution in [0, 0.1) is 0 Å². The van der Waals surface area contributed by atoms with Gasteiger partial charge in [0.2, 0.25) is 9.70 Å². The Bertz CT molecular complexity index is 1240. The van der Waals surface area contributed by atoms with Gasteiger partial charge >= 0.3 is 11.9 Å². The lowest BCUT2D eigenvalue weighted by Gasteiger charge is -2.49. The third-order valence-corrected chi connectivity index (χ3v) is 7.36. The number of nitrogens with zero attached hydrogens (tertiary/aromatic N) is 1. The topological polar surface area (TPSA) is 102 Å². The lowest BCUT2D eigenvalue weighted by molar-refractivity contribution is -0.153. The Hall–Kier alpha value is -2.72. The van der Waals surface area contributed by atoms with Crippen molar-refractivity contribution in [2.24, 2.45) is 0 Å². The fraction of sp³-hybridized carbons (Fsp3) is 0.280. The van der Waals surface area contributed by atoms with E-state index < -0.39 is 51.5 Å². The monoisotopic (exact) mass is 582 g/mol. The van der Waals surface area contributed by atoms with Crippen molar-refractivity contribution in [1.29, 1.82) is 0 Å². The first-order valence-electron chi connectivity index (χ1n) is 11.1. The van der Waals surface area contributed by atoms with E-state index in [1.54, 1.807) is 67.6 Å². The molecule has 0 spiro atoms. The maximum atomic E-state index is 13.4. The molecule has 2 amide bonds. The molecule has 2 aromatic carbocycles. The predicted octanol–water partition coefficient (Wildman–Crippen LogP) is 3.96. The van der Waals surface area contributed by atoms with E-state index in [-0.39, 0.29) is 11.4 Å². The Morgan fingerprint density at radius 2 is 1.70 bits per heavy atom. The van der Waals surface area contributed by atoms with E-state index in [9.17, 15) is 19.2 Å². The Morgan fingerprint density at radius 1 is 1.08 bits per heavy atom. The molecule has 3 atom stereocenters. The van der Waals surface area contributed by atoms with Crippen LogP contribution in [0.4, 0.5) is 0 Å². The quantitative estimate of drug-likeness (QED) is 0.173. The van der Waals surface area contributed by atoms with E-state index in [0.29, 0.717) is 16.9 Å². The average molecular weight is 584 g/mol. The second-order valence-electron chi connectivity index (χ2n) is 8.29. The van der Waals surface area contributed by atoms with Gasteiger partial charge in [-0.15, -0.1) is 11.8 Å². The molecule has 37 heavy (non-hydrogen) atoms. The number of para-hydroxylation sites is 1. The third kappa shape index (κ3) is 6.23. The number of hydrogen-bond acceptors (Lipinski definition) is 7. The van der Waals surface area contributed by atoms with Gasteiger partial charge in [0.15, 0.2) is 5.92 Å². The minimum Gasteiger partial charge on any atom is -0.456 e. The van der Waals surface area contributed by atoms with E-state index in [2.05, 4.69) is 5.32 Å². The van der Waals surface area contributed by atoms with E-state index in [0.717, 1.165) is 0 Å². The number of carbonyl (C=O) groups excluding carboxylic acids is 4. The summed E-state index contributed by atoms with van der Waals surface area (Å²) in [4.78, 5) is 53.4. The number of alkyl halides is 3. The van der Waals surface area contributed by atoms with Crippen LogP contribution >= 0.6 is 46.6 Å². The predicted molar refractivity (Wildman–Crippen MR) is 140 cm³/mol. The highest BCUT2D eigenvalue weighted by Crippen LogP contribution is 2.41. The van der Waals surface area contributed by atoms with E-state index >= 15 is 0 Å². The Labute approximate surface area is 232 Å². The summed E-state index contributed by atoms with van der Waals surface area (Å²) in [6.45, 7) is 1.20. The number of β-lactam (4-membered cyclic amide) rings is 1. The number of halogens is 3. The molecule has 0 radical (unpaired) electrons. The number of carbonyl (C=O) groups is 4. The highest BCUT2D eigenvalue weighted by Gasteiger charge is 2.54. The van der Waals surface area contributed by atoms with Gasteiger partial charge in [0, 0.05) is 5.75 Å². The summed E-state index contributed by atoms with van der Waals surface area (Å²) in [5, 5.41) is 2.10. The molecule has 1 saturated heterocycles. The minimum absolute atomic E-state index is 0.0524.